The van der Waals surface area contributed by atoms with Crippen LogP contribution in [0, 0.1) is 17.7 Å². The van der Waals surface area contributed by atoms with Crippen LogP contribution < -0.4 is 5.32 Å². The van der Waals surface area contributed by atoms with Gasteiger partial charge in [-0.3, -0.25) is 0 Å². The van der Waals surface area contributed by atoms with Crippen molar-refractivity contribution in [2.45, 2.75) is 19.3 Å². The highest BCUT2D eigenvalue weighted by molar-refractivity contribution is 7.20. The highest BCUT2D eigenvalue weighted by atomic mass is 32.1. The molecule has 3 heteroatoms. The number of rotatable bonds is 3. The maximum atomic E-state index is 13.4. The fourth-order valence-electron chi connectivity index (χ4n) is 3.97. The summed E-state index contributed by atoms with van der Waals surface area (Å²) in [6.45, 7) is 0.999. The maximum Gasteiger partial charge on any atom is 0.124 e. The molecule has 2 unspecified atom stereocenters. The Bertz CT molecular complexity index is 700. The van der Waals surface area contributed by atoms with E-state index in [1.54, 1.807) is 34.6 Å². The molecule has 0 spiro atoms. The molecular weight excluding hydrogens is 269 g/mol. The Morgan fingerprint density at radius 3 is 2.95 bits per heavy atom. The van der Waals surface area contributed by atoms with Crippen LogP contribution in [-0.2, 0) is 0 Å². The number of allylic oxidation sites excluding steroid dienone is 1. The van der Waals surface area contributed by atoms with Crippen LogP contribution in [0.15, 0.2) is 29.8 Å². The van der Waals surface area contributed by atoms with E-state index in [4.69, 9.17) is 0 Å². The Kier molecular flexibility index (Phi) is 2.93. The van der Waals surface area contributed by atoms with E-state index < -0.39 is 0 Å². The zero-order chi connectivity index (χ0) is 13.7. The molecule has 20 heavy (non-hydrogen) atoms. The van der Waals surface area contributed by atoms with Crippen LogP contribution in [0.5, 0.6) is 0 Å². The van der Waals surface area contributed by atoms with E-state index in [1.165, 1.54) is 29.5 Å². The molecule has 0 aliphatic heterocycles. The second-order valence-electron chi connectivity index (χ2n) is 5.97. The van der Waals surface area contributed by atoms with Gasteiger partial charge in [-0.15, -0.1) is 11.3 Å². The first-order valence-corrected chi connectivity index (χ1v) is 8.15. The highest BCUT2D eigenvalue weighted by Gasteiger charge is 2.39. The molecule has 1 saturated carbocycles. The molecule has 104 valence electrons. The Labute approximate surface area is 122 Å². The minimum absolute atomic E-state index is 0.136. The number of halogens is 1. The van der Waals surface area contributed by atoms with Crippen LogP contribution in [0.3, 0.4) is 0 Å². The lowest BCUT2D eigenvalue weighted by molar-refractivity contribution is 0.628. The zero-order valence-corrected chi connectivity index (χ0v) is 12.4. The molecule has 2 aliphatic carbocycles. The molecule has 2 aliphatic rings. The molecule has 1 heterocycles. The maximum absolute atomic E-state index is 13.4. The molecular formula is C17H18FNS. The predicted octanol–water partition coefficient (Wildman–Crippen LogP) is 4.44. The molecule has 4 rings (SSSR count). The standard InChI is InChI=1S/C17H18FNS/c1-19-9-14-10-2-3-12(6-10)17(14)16-7-11-4-5-13(18)8-15(11)20-16/h4-5,7-8,10,12,19H,2-3,6,9H2,1H3. The van der Waals surface area contributed by atoms with Crippen molar-refractivity contribution in [3.8, 4) is 0 Å². The average Bonchev–Trinajstić information content (AvgIpc) is 3.11. The van der Waals surface area contributed by atoms with E-state index in [0.29, 0.717) is 0 Å². The van der Waals surface area contributed by atoms with Crippen LogP contribution in [0.25, 0.3) is 15.7 Å². The van der Waals surface area contributed by atoms with Crippen LogP contribution in [-0.4, -0.2) is 13.6 Å². The largest absolute Gasteiger partial charge is 0.316 e. The number of nitrogens with one attached hydrogen (secondary N) is 1. The smallest absolute Gasteiger partial charge is 0.124 e. The van der Waals surface area contributed by atoms with Gasteiger partial charge in [-0.05, 0) is 72.9 Å². The van der Waals surface area contributed by atoms with Gasteiger partial charge in [0.05, 0.1) is 0 Å². The van der Waals surface area contributed by atoms with Crippen LogP contribution in [0.2, 0.25) is 0 Å². The van der Waals surface area contributed by atoms with Crippen molar-refractivity contribution >= 4 is 27.0 Å². The lowest BCUT2D eigenvalue weighted by Gasteiger charge is -2.19. The van der Waals surface area contributed by atoms with Crippen molar-refractivity contribution in [3.63, 3.8) is 0 Å². The van der Waals surface area contributed by atoms with E-state index in [2.05, 4.69) is 11.4 Å². The molecule has 2 aromatic rings. The molecule has 1 N–H and O–H groups in total. The van der Waals surface area contributed by atoms with Crippen LogP contribution in [0.4, 0.5) is 4.39 Å². The monoisotopic (exact) mass is 287 g/mol. The lowest BCUT2D eigenvalue weighted by Crippen LogP contribution is -2.16. The van der Waals surface area contributed by atoms with E-state index >= 15 is 0 Å². The Hall–Kier alpha value is -1.19. The van der Waals surface area contributed by atoms with Gasteiger partial charge < -0.3 is 5.32 Å². The molecule has 1 nitrogen and oxygen atoms in total. The van der Waals surface area contributed by atoms with Crippen molar-refractivity contribution in [1.29, 1.82) is 0 Å². The number of benzene rings is 1. The Morgan fingerprint density at radius 1 is 1.25 bits per heavy atom. The highest BCUT2D eigenvalue weighted by Crippen LogP contribution is 2.53. The van der Waals surface area contributed by atoms with Gasteiger partial charge in [0.15, 0.2) is 0 Å². The summed E-state index contributed by atoms with van der Waals surface area (Å²) in [5.74, 6) is 1.38. The number of fused-ring (bicyclic) bond motifs is 3. The molecule has 2 bridgehead atoms. The van der Waals surface area contributed by atoms with Gasteiger partial charge in [-0.25, -0.2) is 4.39 Å². The minimum atomic E-state index is -0.136. The summed E-state index contributed by atoms with van der Waals surface area (Å²) in [6, 6.07) is 7.37. The van der Waals surface area contributed by atoms with E-state index in [9.17, 15) is 4.39 Å². The van der Waals surface area contributed by atoms with Crippen molar-refractivity contribution in [2.75, 3.05) is 13.6 Å². The summed E-state index contributed by atoms with van der Waals surface area (Å²) >= 11 is 1.75. The SMILES string of the molecule is CNCC1=C(c2cc3ccc(F)cc3s2)C2CCC1C2. The summed E-state index contributed by atoms with van der Waals surface area (Å²) < 4.78 is 14.4. The van der Waals surface area contributed by atoms with Gasteiger partial charge in [-0.1, -0.05) is 6.07 Å². The first kappa shape index (κ1) is 12.5. The van der Waals surface area contributed by atoms with Gasteiger partial charge in [0.2, 0.25) is 0 Å². The molecule has 2 atom stereocenters. The molecule has 1 fully saturated rings. The van der Waals surface area contributed by atoms with Crippen molar-refractivity contribution in [2.24, 2.45) is 11.8 Å². The Morgan fingerprint density at radius 2 is 2.10 bits per heavy atom. The molecule has 0 amide bonds. The second kappa shape index (κ2) is 4.68. The van der Waals surface area contributed by atoms with Gasteiger partial charge in [-0.2, -0.15) is 0 Å². The second-order valence-corrected chi connectivity index (χ2v) is 7.05. The van der Waals surface area contributed by atoms with Crippen molar-refractivity contribution in [1.82, 2.24) is 5.32 Å². The average molecular weight is 287 g/mol. The Balaban J connectivity index is 1.84. The summed E-state index contributed by atoms with van der Waals surface area (Å²) in [5, 5.41) is 4.50. The summed E-state index contributed by atoms with van der Waals surface area (Å²) in [4.78, 5) is 1.36. The number of thiophene rings is 1. The first-order chi connectivity index (χ1) is 9.76. The third-order valence-corrected chi connectivity index (χ3v) is 5.93. The topological polar surface area (TPSA) is 12.0 Å². The summed E-state index contributed by atoms with van der Waals surface area (Å²) in [7, 11) is 2.02. The normalized spacial score (nSPS) is 25.1. The van der Waals surface area contributed by atoms with Gasteiger partial charge in [0.25, 0.3) is 0 Å². The third-order valence-electron chi connectivity index (χ3n) is 4.79. The number of likely N-dealkylation sites (N-methyl/N-ethyl adjacent to an activating group) is 1. The van der Waals surface area contributed by atoms with Crippen molar-refractivity contribution in [3.05, 3.63) is 40.5 Å². The van der Waals surface area contributed by atoms with Crippen LogP contribution in [0.1, 0.15) is 24.1 Å². The van der Waals surface area contributed by atoms with E-state index in [1.807, 2.05) is 13.1 Å². The number of hydrogen-bond donors (Lipinski definition) is 1. The van der Waals surface area contributed by atoms with E-state index in [0.717, 1.165) is 23.1 Å². The predicted molar refractivity (Wildman–Crippen MR) is 83.5 cm³/mol. The number of hydrogen-bond acceptors (Lipinski definition) is 2. The van der Waals surface area contributed by atoms with Crippen LogP contribution >= 0.6 is 11.3 Å². The van der Waals surface area contributed by atoms with E-state index in [-0.39, 0.29) is 5.82 Å². The fourth-order valence-corrected chi connectivity index (χ4v) is 5.22. The van der Waals surface area contributed by atoms with Gasteiger partial charge >= 0.3 is 0 Å². The third kappa shape index (κ3) is 1.84. The van der Waals surface area contributed by atoms with Gasteiger partial charge in [0, 0.05) is 16.1 Å². The molecule has 0 radical (unpaired) electrons. The van der Waals surface area contributed by atoms with Gasteiger partial charge in [0.1, 0.15) is 5.82 Å². The molecule has 1 aromatic heterocycles. The summed E-state index contributed by atoms with van der Waals surface area (Å²) in [6.07, 6.45) is 4.01. The minimum Gasteiger partial charge on any atom is -0.316 e. The molecule has 1 aromatic carbocycles. The summed E-state index contributed by atoms with van der Waals surface area (Å²) in [5.41, 5.74) is 3.17. The molecule has 0 saturated heterocycles. The van der Waals surface area contributed by atoms with Crippen molar-refractivity contribution < 1.29 is 4.39 Å². The quantitative estimate of drug-likeness (QED) is 0.880. The zero-order valence-electron chi connectivity index (χ0n) is 11.6. The lowest BCUT2D eigenvalue weighted by atomic mass is 9.90. The first-order valence-electron chi connectivity index (χ1n) is 7.33. The fraction of sp³-hybridized carbons (Fsp3) is 0.412.